The highest BCUT2D eigenvalue weighted by Crippen LogP contribution is 2.66. The minimum Gasteiger partial charge on any atom is -0.396 e. The quantitative estimate of drug-likeness (QED) is 0.581. The molecular weight excluding hydrogens is 340 g/mol. The van der Waals surface area contributed by atoms with Gasteiger partial charge in [0.25, 0.3) is 0 Å². The van der Waals surface area contributed by atoms with Crippen LogP contribution in [0.5, 0.6) is 0 Å². The van der Waals surface area contributed by atoms with E-state index in [-0.39, 0.29) is 10.8 Å². The number of oxime groups is 1. The van der Waals surface area contributed by atoms with Crippen molar-refractivity contribution >= 4 is 11.5 Å². The fourth-order valence-corrected chi connectivity index (χ4v) is 7.19. The van der Waals surface area contributed by atoms with E-state index >= 15 is 0 Å². The molecular formula is C22H36N2O3. The van der Waals surface area contributed by atoms with Crippen molar-refractivity contribution in [3.05, 3.63) is 0 Å². The average molecular weight is 377 g/mol. The highest BCUT2D eigenvalue weighted by atomic mass is 16.6. The molecule has 5 heteroatoms. The molecule has 6 atom stereocenters. The van der Waals surface area contributed by atoms with E-state index in [4.69, 9.17) is 10.6 Å². The first-order chi connectivity index (χ1) is 12.8. The third-order valence-electron chi connectivity index (χ3n) is 8.98. The second-order valence-electron chi connectivity index (χ2n) is 10.1. The van der Waals surface area contributed by atoms with Gasteiger partial charge in [0, 0.05) is 23.7 Å². The first-order valence-corrected chi connectivity index (χ1v) is 11.0. The third-order valence-corrected chi connectivity index (χ3v) is 8.98. The summed E-state index contributed by atoms with van der Waals surface area (Å²) < 4.78 is 0. The van der Waals surface area contributed by atoms with E-state index in [0.29, 0.717) is 43.1 Å². The van der Waals surface area contributed by atoms with Crippen molar-refractivity contribution in [1.82, 2.24) is 0 Å². The zero-order chi connectivity index (χ0) is 19.3. The molecule has 0 amide bonds. The predicted molar refractivity (Wildman–Crippen MR) is 105 cm³/mol. The number of aliphatic hydroxyl groups is 1. The summed E-state index contributed by atoms with van der Waals surface area (Å²) in [7, 11) is 0. The number of carbonyl (C=O) groups is 1. The second kappa shape index (κ2) is 6.84. The van der Waals surface area contributed by atoms with Crippen LogP contribution in [0, 0.1) is 28.6 Å². The van der Waals surface area contributed by atoms with Gasteiger partial charge in [0.2, 0.25) is 0 Å². The Bertz CT molecular complexity index is 635. The monoisotopic (exact) mass is 376 g/mol. The van der Waals surface area contributed by atoms with E-state index in [1.54, 1.807) is 0 Å². The van der Waals surface area contributed by atoms with E-state index in [2.05, 4.69) is 19.0 Å². The third kappa shape index (κ3) is 2.88. The smallest absolute Gasteiger partial charge is 0.139 e. The van der Waals surface area contributed by atoms with Crippen LogP contribution in [-0.2, 0) is 9.63 Å². The summed E-state index contributed by atoms with van der Waals surface area (Å²) in [6.45, 7) is 5.69. The first kappa shape index (κ1) is 19.4. The van der Waals surface area contributed by atoms with Gasteiger partial charge in [-0.15, -0.1) is 0 Å². The summed E-state index contributed by atoms with van der Waals surface area (Å²) in [6.07, 6.45) is 9.12. The van der Waals surface area contributed by atoms with Gasteiger partial charge >= 0.3 is 0 Å². The Morgan fingerprint density at radius 2 is 1.96 bits per heavy atom. The lowest BCUT2D eigenvalue weighted by atomic mass is 9.43. The van der Waals surface area contributed by atoms with E-state index in [1.165, 1.54) is 0 Å². The van der Waals surface area contributed by atoms with E-state index < -0.39 is 5.60 Å². The van der Waals surface area contributed by atoms with Crippen molar-refractivity contribution in [1.29, 1.82) is 0 Å². The predicted octanol–water partition coefficient (Wildman–Crippen LogP) is 3.43. The molecule has 4 aliphatic carbocycles. The fourth-order valence-electron chi connectivity index (χ4n) is 7.19. The zero-order valence-corrected chi connectivity index (χ0v) is 17.0. The van der Waals surface area contributed by atoms with Crippen molar-refractivity contribution in [2.45, 2.75) is 83.7 Å². The zero-order valence-electron chi connectivity index (χ0n) is 17.0. The van der Waals surface area contributed by atoms with Crippen LogP contribution in [0.25, 0.3) is 0 Å². The van der Waals surface area contributed by atoms with E-state index in [0.717, 1.165) is 63.5 Å². The lowest BCUT2D eigenvalue weighted by Gasteiger charge is -2.62. The van der Waals surface area contributed by atoms with Crippen molar-refractivity contribution < 1.29 is 14.7 Å². The molecule has 0 spiro atoms. The van der Waals surface area contributed by atoms with Crippen LogP contribution >= 0.6 is 0 Å². The molecule has 0 aromatic carbocycles. The highest BCUT2D eigenvalue weighted by Gasteiger charge is 2.64. The van der Waals surface area contributed by atoms with Gasteiger partial charge in [0.05, 0.1) is 11.3 Å². The van der Waals surface area contributed by atoms with Crippen LogP contribution in [-0.4, -0.2) is 35.4 Å². The van der Waals surface area contributed by atoms with Gasteiger partial charge in [-0.1, -0.05) is 19.0 Å². The molecule has 152 valence electrons. The number of fused-ring (bicyclic) bond motifs is 5. The lowest BCUT2D eigenvalue weighted by Crippen LogP contribution is -2.62. The molecule has 0 aromatic heterocycles. The van der Waals surface area contributed by atoms with Gasteiger partial charge in [-0.2, -0.15) is 0 Å². The highest BCUT2D eigenvalue weighted by molar-refractivity contribution is 5.87. The Hall–Kier alpha value is -0.940. The number of rotatable bonds is 4. The van der Waals surface area contributed by atoms with Crippen LogP contribution < -0.4 is 5.73 Å². The molecule has 0 saturated heterocycles. The molecule has 0 bridgehead atoms. The minimum absolute atomic E-state index is 0.0703. The molecule has 4 rings (SSSR count). The summed E-state index contributed by atoms with van der Waals surface area (Å²) in [5, 5.41) is 16.0. The van der Waals surface area contributed by atoms with Gasteiger partial charge in [-0.05, 0) is 75.7 Å². The summed E-state index contributed by atoms with van der Waals surface area (Å²) in [5.74, 6) is 2.14. The second-order valence-corrected chi connectivity index (χ2v) is 10.1. The summed E-state index contributed by atoms with van der Waals surface area (Å²) in [6, 6.07) is 0. The standard InChI is InChI=1S/C22H36N2O3/c1-20-9-8-18-16(17(20)4-5-19(20)25)7-11-22(26)14-15(6-10-21(18,22)2)24-27-13-3-12-23/h16-18,26H,3-14,23H2,1-2H3/t16-,17-,18+,20-,21+,22?/m0/s1. The number of ketones is 1. The number of carbonyl (C=O) groups excluding carboxylic acids is 1. The largest absolute Gasteiger partial charge is 0.396 e. The molecule has 0 aliphatic heterocycles. The Morgan fingerprint density at radius 1 is 1.15 bits per heavy atom. The molecule has 4 aliphatic rings. The summed E-state index contributed by atoms with van der Waals surface area (Å²) >= 11 is 0. The van der Waals surface area contributed by atoms with Crippen molar-refractivity contribution in [3.8, 4) is 0 Å². The Balaban J connectivity index is 1.52. The van der Waals surface area contributed by atoms with Crippen molar-refractivity contribution in [2.75, 3.05) is 13.2 Å². The van der Waals surface area contributed by atoms with Gasteiger partial charge in [0.1, 0.15) is 12.4 Å². The Labute approximate surface area is 163 Å². The minimum atomic E-state index is -0.682. The van der Waals surface area contributed by atoms with Crippen LogP contribution in [0.2, 0.25) is 0 Å². The SMILES string of the molecule is C[C@]12CC[C@@H]3[C@@H](CCC4(O)CC(=NOCCCN)CC[C@]34C)[C@@H]1CCC2=O. The van der Waals surface area contributed by atoms with Crippen molar-refractivity contribution in [3.63, 3.8) is 0 Å². The van der Waals surface area contributed by atoms with Crippen LogP contribution in [0.4, 0.5) is 0 Å². The van der Waals surface area contributed by atoms with Gasteiger partial charge < -0.3 is 15.7 Å². The molecule has 1 unspecified atom stereocenters. The maximum Gasteiger partial charge on any atom is 0.139 e. The molecule has 0 radical (unpaired) electrons. The maximum atomic E-state index is 12.5. The topological polar surface area (TPSA) is 84.9 Å². The van der Waals surface area contributed by atoms with Gasteiger partial charge in [0.15, 0.2) is 0 Å². The first-order valence-electron chi connectivity index (χ1n) is 11.0. The molecule has 0 aromatic rings. The van der Waals surface area contributed by atoms with Gasteiger partial charge in [-0.25, -0.2) is 0 Å². The van der Waals surface area contributed by atoms with Crippen LogP contribution in [0.15, 0.2) is 5.16 Å². The lowest BCUT2D eigenvalue weighted by molar-refractivity contribution is -0.188. The van der Waals surface area contributed by atoms with E-state index in [9.17, 15) is 9.90 Å². The molecule has 4 saturated carbocycles. The average Bonchev–Trinajstić information content (AvgIpc) is 2.95. The molecule has 0 heterocycles. The number of nitrogens with two attached hydrogens (primary N) is 1. The maximum absolute atomic E-state index is 12.5. The molecule has 3 N–H and O–H groups in total. The van der Waals surface area contributed by atoms with E-state index in [1.807, 2.05) is 0 Å². The van der Waals surface area contributed by atoms with Gasteiger partial charge in [-0.3, -0.25) is 4.79 Å². The van der Waals surface area contributed by atoms with Crippen molar-refractivity contribution in [2.24, 2.45) is 39.5 Å². The van der Waals surface area contributed by atoms with Crippen LogP contribution in [0.1, 0.15) is 78.1 Å². The number of Topliss-reactive ketones (excluding diaryl/α,β-unsaturated/α-hetero) is 1. The van der Waals surface area contributed by atoms with Crippen LogP contribution in [0.3, 0.4) is 0 Å². The number of nitrogens with zero attached hydrogens (tertiary/aromatic N) is 1. The summed E-state index contributed by atoms with van der Waals surface area (Å²) in [5.41, 5.74) is 5.66. The number of hydrogen-bond acceptors (Lipinski definition) is 5. The normalized spacial score (nSPS) is 48.1. The molecule has 5 nitrogen and oxygen atoms in total. The molecule has 4 fully saturated rings. The molecule has 27 heavy (non-hydrogen) atoms. The Morgan fingerprint density at radius 3 is 2.74 bits per heavy atom. The summed E-state index contributed by atoms with van der Waals surface area (Å²) in [4.78, 5) is 18.0. The Kier molecular flexibility index (Phi) is 4.91. The number of hydrogen-bond donors (Lipinski definition) is 2. The fraction of sp³-hybridized carbons (Fsp3) is 0.909.